The number of hydrogen-bond acceptors (Lipinski definition) is 7. The molecule has 2 aromatic heterocycles. The van der Waals surface area contributed by atoms with E-state index in [1.165, 1.54) is 19.1 Å². The predicted octanol–water partition coefficient (Wildman–Crippen LogP) is 5.09. The first-order valence-electron chi connectivity index (χ1n) is 8.75. The number of sulfonamides is 1. The lowest BCUT2D eigenvalue weighted by Crippen LogP contribution is -2.15. The maximum atomic E-state index is 12.8. The molecule has 0 aliphatic heterocycles. The van der Waals surface area contributed by atoms with Gasteiger partial charge in [-0.1, -0.05) is 23.7 Å². The zero-order chi connectivity index (χ0) is 21.3. The molecule has 0 fully saturated rings. The summed E-state index contributed by atoms with van der Waals surface area (Å²) in [6, 6.07) is 16.9. The van der Waals surface area contributed by atoms with Crippen LogP contribution in [0.2, 0.25) is 4.34 Å². The maximum absolute atomic E-state index is 12.8. The summed E-state index contributed by atoms with van der Waals surface area (Å²) in [5.74, 6) is 0.236. The molecular formula is C20H15ClN4O3S2. The predicted molar refractivity (Wildman–Crippen MR) is 119 cm³/mol. The molecule has 0 spiro atoms. The number of rotatable bonds is 6. The number of nitrogens with zero attached hydrogens (tertiary/aromatic N) is 2. The van der Waals surface area contributed by atoms with Crippen molar-refractivity contribution < 1.29 is 13.2 Å². The van der Waals surface area contributed by atoms with Gasteiger partial charge in [-0.25, -0.2) is 18.4 Å². The topological polar surface area (TPSA) is 101 Å². The summed E-state index contributed by atoms with van der Waals surface area (Å²) in [6.45, 7) is 1.49. The van der Waals surface area contributed by atoms with E-state index >= 15 is 0 Å². The lowest BCUT2D eigenvalue weighted by atomic mass is 10.1. The molecule has 0 radical (unpaired) electrons. The van der Waals surface area contributed by atoms with Crippen molar-refractivity contribution in [3.8, 4) is 0 Å². The first kappa shape index (κ1) is 20.3. The van der Waals surface area contributed by atoms with Gasteiger partial charge in [-0.3, -0.25) is 9.52 Å². The Kier molecular flexibility index (Phi) is 5.42. The average molecular weight is 459 g/mol. The molecule has 2 aromatic carbocycles. The molecule has 0 amide bonds. The number of hydrogen-bond donors (Lipinski definition) is 2. The Morgan fingerprint density at radius 1 is 0.933 bits per heavy atom. The molecule has 152 valence electrons. The number of benzene rings is 2. The number of ketones is 1. The van der Waals surface area contributed by atoms with Gasteiger partial charge in [0.2, 0.25) is 0 Å². The van der Waals surface area contributed by atoms with Gasteiger partial charge in [0, 0.05) is 11.3 Å². The van der Waals surface area contributed by atoms with Crippen molar-refractivity contribution in [1.82, 2.24) is 9.97 Å². The normalized spacial score (nSPS) is 11.4. The van der Waals surface area contributed by atoms with Crippen LogP contribution in [0, 0.1) is 0 Å². The minimum atomic E-state index is -3.90. The van der Waals surface area contributed by atoms with Gasteiger partial charge in [-0.05, 0) is 55.5 Å². The molecule has 0 atom stereocenters. The lowest BCUT2D eigenvalue weighted by Gasteiger charge is -2.13. The number of halogens is 1. The fourth-order valence-electron chi connectivity index (χ4n) is 2.70. The monoisotopic (exact) mass is 458 g/mol. The molecule has 30 heavy (non-hydrogen) atoms. The molecular weight excluding hydrogens is 444 g/mol. The van der Waals surface area contributed by atoms with Crippen molar-refractivity contribution in [3.63, 3.8) is 0 Å². The van der Waals surface area contributed by atoms with Crippen LogP contribution in [0.3, 0.4) is 0 Å². The van der Waals surface area contributed by atoms with Crippen LogP contribution in [0.5, 0.6) is 0 Å². The second-order valence-corrected chi connectivity index (χ2v) is 9.96. The highest BCUT2D eigenvalue weighted by Gasteiger charge is 2.21. The Morgan fingerprint density at radius 2 is 1.57 bits per heavy atom. The first-order valence-corrected chi connectivity index (χ1v) is 11.4. The largest absolute Gasteiger partial charge is 0.337 e. The molecule has 4 aromatic rings. The van der Waals surface area contributed by atoms with Crippen LogP contribution in [0.25, 0.3) is 11.0 Å². The van der Waals surface area contributed by atoms with E-state index in [4.69, 9.17) is 11.6 Å². The third-order valence-corrected chi connectivity index (χ3v) is 7.23. The molecule has 0 aliphatic carbocycles. The molecule has 0 aliphatic rings. The highest BCUT2D eigenvalue weighted by molar-refractivity contribution is 7.94. The van der Waals surface area contributed by atoms with Crippen LogP contribution < -0.4 is 10.0 Å². The van der Waals surface area contributed by atoms with Gasteiger partial charge in [-0.15, -0.1) is 11.3 Å². The summed E-state index contributed by atoms with van der Waals surface area (Å²) >= 11 is 6.83. The van der Waals surface area contributed by atoms with Crippen molar-refractivity contribution in [2.75, 3.05) is 10.0 Å². The van der Waals surface area contributed by atoms with Gasteiger partial charge >= 0.3 is 0 Å². The summed E-state index contributed by atoms with van der Waals surface area (Å²) in [7, 11) is -3.90. The zero-order valence-corrected chi connectivity index (χ0v) is 18.0. The minimum absolute atomic E-state index is 0.0462. The Balaban J connectivity index is 1.74. The number of carbonyl (C=O) groups excluding carboxylic acids is 1. The second kappa shape index (κ2) is 8.02. The number of fused-ring (bicyclic) bond motifs is 1. The average Bonchev–Trinajstić information content (AvgIpc) is 3.16. The van der Waals surface area contributed by atoms with Crippen molar-refractivity contribution >= 4 is 67.1 Å². The van der Waals surface area contributed by atoms with Gasteiger partial charge in [0.15, 0.2) is 17.4 Å². The molecule has 0 unspecified atom stereocenters. The highest BCUT2D eigenvalue weighted by Crippen LogP contribution is 2.30. The molecule has 0 bridgehead atoms. The van der Waals surface area contributed by atoms with Crippen LogP contribution >= 0.6 is 22.9 Å². The molecule has 2 N–H and O–H groups in total. The number of aromatic nitrogens is 2. The van der Waals surface area contributed by atoms with Crippen molar-refractivity contribution in [1.29, 1.82) is 0 Å². The number of para-hydroxylation sites is 2. The van der Waals surface area contributed by atoms with E-state index in [1.807, 2.05) is 6.07 Å². The van der Waals surface area contributed by atoms with E-state index < -0.39 is 10.0 Å². The quantitative estimate of drug-likeness (QED) is 0.390. The second-order valence-electron chi connectivity index (χ2n) is 6.33. The Bertz CT molecular complexity index is 1350. The van der Waals surface area contributed by atoms with E-state index in [0.29, 0.717) is 26.6 Å². The van der Waals surface area contributed by atoms with E-state index in [1.54, 1.807) is 42.5 Å². The maximum Gasteiger partial charge on any atom is 0.272 e. The number of nitrogens with one attached hydrogen (secondary N) is 2. The minimum Gasteiger partial charge on any atom is -0.337 e. The van der Waals surface area contributed by atoms with Crippen LogP contribution in [0.4, 0.5) is 17.3 Å². The standard InChI is InChI=1S/C20H15ClN4O3S2/c1-12(26)13-6-8-14(9-7-13)22-19-20(24-16-5-3-2-4-15(16)23-19)25-30(27,28)18-11-10-17(21)29-18/h2-11H,1H3,(H,22,23)(H,24,25). The number of Topliss-reactive ketones (excluding diaryl/α,β-unsaturated/α-hetero) is 1. The molecule has 2 heterocycles. The molecule has 7 nitrogen and oxygen atoms in total. The van der Waals surface area contributed by atoms with Gasteiger partial charge < -0.3 is 5.32 Å². The van der Waals surface area contributed by atoms with Gasteiger partial charge in [0.25, 0.3) is 10.0 Å². The van der Waals surface area contributed by atoms with Gasteiger partial charge in [0.1, 0.15) is 4.21 Å². The smallest absolute Gasteiger partial charge is 0.272 e. The summed E-state index contributed by atoms with van der Waals surface area (Å²) < 4.78 is 28.5. The Morgan fingerprint density at radius 3 is 2.13 bits per heavy atom. The highest BCUT2D eigenvalue weighted by atomic mass is 35.5. The summed E-state index contributed by atoms with van der Waals surface area (Å²) in [4.78, 5) is 20.4. The molecule has 0 saturated heterocycles. The van der Waals surface area contributed by atoms with Crippen LogP contribution in [-0.2, 0) is 10.0 Å². The fourth-order valence-corrected chi connectivity index (χ4v) is 5.19. The number of carbonyl (C=O) groups is 1. The molecule has 0 saturated carbocycles. The van der Waals surface area contributed by atoms with E-state index in [2.05, 4.69) is 20.0 Å². The van der Waals surface area contributed by atoms with E-state index in [9.17, 15) is 13.2 Å². The molecule has 10 heteroatoms. The van der Waals surface area contributed by atoms with Crippen molar-refractivity contribution in [2.45, 2.75) is 11.1 Å². The lowest BCUT2D eigenvalue weighted by molar-refractivity contribution is 0.101. The third-order valence-electron chi connectivity index (χ3n) is 4.17. The first-order chi connectivity index (χ1) is 14.3. The Labute approximate surface area is 181 Å². The zero-order valence-electron chi connectivity index (χ0n) is 15.6. The summed E-state index contributed by atoms with van der Waals surface area (Å²) in [6.07, 6.45) is 0. The fraction of sp³-hybridized carbons (Fsp3) is 0.0500. The SMILES string of the molecule is CC(=O)c1ccc(Nc2nc3ccccc3nc2NS(=O)(=O)c2ccc(Cl)s2)cc1. The molecule has 4 rings (SSSR count). The van der Waals surface area contributed by atoms with Crippen LogP contribution in [-0.4, -0.2) is 24.2 Å². The van der Waals surface area contributed by atoms with Crippen molar-refractivity contribution in [2.24, 2.45) is 0 Å². The van der Waals surface area contributed by atoms with E-state index in [-0.39, 0.29) is 21.6 Å². The van der Waals surface area contributed by atoms with Crippen LogP contribution in [0.1, 0.15) is 17.3 Å². The number of thiophene rings is 1. The van der Waals surface area contributed by atoms with Crippen LogP contribution in [0.15, 0.2) is 64.9 Å². The third kappa shape index (κ3) is 4.28. The van der Waals surface area contributed by atoms with Gasteiger partial charge in [0.05, 0.1) is 15.4 Å². The summed E-state index contributed by atoms with van der Waals surface area (Å²) in [5, 5.41) is 3.08. The van der Waals surface area contributed by atoms with Gasteiger partial charge in [-0.2, -0.15) is 0 Å². The number of anilines is 3. The van der Waals surface area contributed by atoms with Crippen molar-refractivity contribution in [3.05, 3.63) is 70.6 Å². The summed E-state index contributed by atoms with van der Waals surface area (Å²) in [5.41, 5.74) is 2.34. The Hall–Kier alpha value is -3.01. The van der Waals surface area contributed by atoms with E-state index in [0.717, 1.165) is 11.3 Å².